The van der Waals surface area contributed by atoms with Crippen molar-refractivity contribution in [3.8, 4) is 17.2 Å². The highest BCUT2D eigenvalue weighted by molar-refractivity contribution is 6.00. The molecule has 6 nitrogen and oxygen atoms in total. The number of carbonyl (C=O) groups excluding carboxylic acids is 2. The molecule has 1 fully saturated rings. The SMILES string of the molecule is COc1cc(C(=O)CNC(=O)C2CCCCC2)cc(OC)c1OC. The molecule has 0 spiro atoms. The van der Waals surface area contributed by atoms with Crippen LogP contribution >= 0.6 is 0 Å². The van der Waals surface area contributed by atoms with E-state index in [4.69, 9.17) is 14.2 Å². The van der Waals surface area contributed by atoms with E-state index in [1.54, 1.807) is 12.1 Å². The van der Waals surface area contributed by atoms with Crippen LogP contribution in [0, 0.1) is 5.92 Å². The van der Waals surface area contributed by atoms with Gasteiger partial charge in [0.1, 0.15) is 0 Å². The van der Waals surface area contributed by atoms with E-state index in [-0.39, 0.29) is 24.2 Å². The molecule has 1 aromatic rings. The van der Waals surface area contributed by atoms with Gasteiger partial charge in [0, 0.05) is 11.5 Å². The average Bonchev–Trinajstić information content (AvgIpc) is 2.65. The highest BCUT2D eigenvalue weighted by Crippen LogP contribution is 2.38. The topological polar surface area (TPSA) is 73.9 Å². The summed E-state index contributed by atoms with van der Waals surface area (Å²) in [6, 6.07) is 3.19. The van der Waals surface area contributed by atoms with E-state index in [0.29, 0.717) is 22.8 Å². The van der Waals surface area contributed by atoms with Crippen molar-refractivity contribution in [1.82, 2.24) is 5.32 Å². The van der Waals surface area contributed by atoms with Crippen LogP contribution in [0.4, 0.5) is 0 Å². The van der Waals surface area contributed by atoms with Crippen LogP contribution in [-0.2, 0) is 4.79 Å². The summed E-state index contributed by atoms with van der Waals surface area (Å²) in [6.45, 7) is -0.0338. The average molecular weight is 335 g/mol. The molecule has 24 heavy (non-hydrogen) atoms. The van der Waals surface area contributed by atoms with E-state index in [1.807, 2.05) is 0 Å². The lowest BCUT2D eigenvalue weighted by Crippen LogP contribution is -2.35. The smallest absolute Gasteiger partial charge is 0.223 e. The van der Waals surface area contributed by atoms with Gasteiger partial charge < -0.3 is 19.5 Å². The summed E-state index contributed by atoms with van der Waals surface area (Å²) in [5.41, 5.74) is 0.411. The van der Waals surface area contributed by atoms with Crippen molar-refractivity contribution in [2.45, 2.75) is 32.1 Å². The van der Waals surface area contributed by atoms with E-state index in [9.17, 15) is 9.59 Å². The second-order valence-electron chi connectivity index (χ2n) is 5.89. The van der Waals surface area contributed by atoms with Gasteiger partial charge in [0.05, 0.1) is 27.9 Å². The zero-order valence-electron chi connectivity index (χ0n) is 14.5. The van der Waals surface area contributed by atoms with Crippen LogP contribution in [0.15, 0.2) is 12.1 Å². The van der Waals surface area contributed by atoms with Crippen molar-refractivity contribution in [3.63, 3.8) is 0 Å². The Morgan fingerprint density at radius 3 is 2.08 bits per heavy atom. The zero-order chi connectivity index (χ0) is 17.5. The summed E-state index contributed by atoms with van der Waals surface area (Å²) in [5.74, 6) is 1.07. The van der Waals surface area contributed by atoms with Crippen molar-refractivity contribution in [3.05, 3.63) is 17.7 Å². The van der Waals surface area contributed by atoms with Gasteiger partial charge in [0.25, 0.3) is 0 Å². The van der Waals surface area contributed by atoms with E-state index in [0.717, 1.165) is 25.7 Å². The molecule has 6 heteroatoms. The molecule has 1 aliphatic rings. The molecule has 0 heterocycles. The van der Waals surface area contributed by atoms with Gasteiger partial charge in [-0.1, -0.05) is 19.3 Å². The first-order valence-corrected chi connectivity index (χ1v) is 8.21. The molecule has 0 unspecified atom stereocenters. The minimum absolute atomic E-state index is 0.0320. The predicted octanol–water partition coefficient (Wildman–Crippen LogP) is 2.59. The van der Waals surface area contributed by atoms with Crippen LogP contribution < -0.4 is 19.5 Å². The second-order valence-corrected chi connectivity index (χ2v) is 5.89. The van der Waals surface area contributed by atoms with Gasteiger partial charge in [0.2, 0.25) is 11.7 Å². The largest absolute Gasteiger partial charge is 0.493 e. The Hall–Kier alpha value is -2.24. The number of carbonyl (C=O) groups is 2. The summed E-state index contributed by atoms with van der Waals surface area (Å²) >= 11 is 0. The number of rotatable bonds is 7. The molecule has 0 saturated heterocycles. The summed E-state index contributed by atoms with van der Waals surface area (Å²) in [6.07, 6.45) is 5.17. The van der Waals surface area contributed by atoms with Crippen LogP contribution in [-0.4, -0.2) is 39.6 Å². The number of nitrogens with one attached hydrogen (secondary N) is 1. The number of ketones is 1. The van der Waals surface area contributed by atoms with Crippen LogP contribution in [0.1, 0.15) is 42.5 Å². The quantitative estimate of drug-likeness (QED) is 0.775. The van der Waals surface area contributed by atoms with Crippen molar-refractivity contribution in [2.75, 3.05) is 27.9 Å². The Morgan fingerprint density at radius 1 is 1.00 bits per heavy atom. The third-order valence-electron chi connectivity index (χ3n) is 4.39. The molecule has 2 rings (SSSR count). The maximum absolute atomic E-state index is 12.4. The number of methoxy groups -OCH3 is 3. The lowest BCUT2D eigenvalue weighted by molar-refractivity contribution is -0.125. The maximum atomic E-state index is 12.4. The fourth-order valence-electron chi connectivity index (χ4n) is 3.02. The summed E-state index contributed by atoms with van der Waals surface area (Å²) < 4.78 is 15.7. The Morgan fingerprint density at radius 2 is 1.58 bits per heavy atom. The zero-order valence-corrected chi connectivity index (χ0v) is 14.5. The molecule has 0 aromatic heterocycles. The lowest BCUT2D eigenvalue weighted by atomic mass is 9.88. The van der Waals surface area contributed by atoms with Crippen LogP contribution in [0.2, 0.25) is 0 Å². The Kier molecular flexibility index (Phi) is 6.46. The van der Waals surface area contributed by atoms with Crippen LogP contribution in [0.3, 0.4) is 0 Å². The van der Waals surface area contributed by atoms with E-state index < -0.39 is 0 Å². The number of amides is 1. The van der Waals surface area contributed by atoms with Crippen LogP contribution in [0.5, 0.6) is 17.2 Å². The first-order valence-electron chi connectivity index (χ1n) is 8.21. The molecule has 1 N–H and O–H groups in total. The standard InChI is InChI=1S/C18H25NO5/c1-22-15-9-13(10-16(23-2)17(15)24-3)14(20)11-19-18(21)12-7-5-4-6-8-12/h9-10,12H,4-8,11H2,1-3H3,(H,19,21). The second kappa shape index (κ2) is 8.57. The molecule has 1 amide bonds. The van der Waals surface area contributed by atoms with Crippen molar-refractivity contribution < 1.29 is 23.8 Å². The Labute approximate surface area is 142 Å². The summed E-state index contributed by atoms with van der Waals surface area (Å²) in [7, 11) is 4.50. The van der Waals surface area contributed by atoms with Gasteiger partial charge >= 0.3 is 0 Å². The molecule has 0 radical (unpaired) electrons. The summed E-state index contributed by atoms with van der Waals surface area (Å²) in [4.78, 5) is 24.5. The normalized spacial score (nSPS) is 14.8. The number of benzene rings is 1. The highest BCUT2D eigenvalue weighted by atomic mass is 16.5. The Bertz CT molecular complexity index is 568. The number of ether oxygens (including phenoxy) is 3. The number of Topliss-reactive ketones (excluding diaryl/α,β-unsaturated/α-hetero) is 1. The monoisotopic (exact) mass is 335 g/mol. The van der Waals surface area contributed by atoms with E-state index in [2.05, 4.69) is 5.32 Å². The Balaban J connectivity index is 2.05. The number of hydrogen-bond acceptors (Lipinski definition) is 5. The molecule has 132 valence electrons. The van der Waals surface area contributed by atoms with Gasteiger partial charge in [-0.3, -0.25) is 9.59 Å². The number of hydrogen-bond donors (Lipinski definition) is 1. The molecule has 0 aliphatic heterocycles. The molecule has 0 bridgehead atoms. The first kappa shape index (κ1) is 18.1. The minimum Gasteiger partial charge on any atom is -0.493 e. The molecular weight excluding hydrogens is 310 g/mol. The lowest BCUT2D eigenvalue weighted by Gasteiger charge is -2.20. The first-order chi connectivity index (χ1) is 11.6. The minimum atomic E-state index is -0.196. The van der Waals surface area contributed by atoms with Gasteiger partial charge in [-0.05, 0) is 25.0 Å². The molecule has 0 atom stereocenters. The van der Waals surface area contributed by atoms with E-state index in [1.165, 1.54) is 27.8 Å². The van der Waals surface area contributed by atoms with Crippen molar-refractivity contribution in [2.24, 2.45) is 5.92 Å². The highest BCUT2D eigenvalue weighted by Gasteiger charge is 2.22. The van der Waals surface area contributed by atoms with Crippen molar-refractivity contribution >= 4 is 11.7 Å². The molecule has 1 saturated carbocycles. The van der Waals surface area contributed by atoms with E-state index >= 15 is 0 Å². The summed E-state index contributed by atoms with van der Waals surface area (Å²) in [5, 5.41) is 2.75. The molecular formula is C18H25NO5. The molecule has 1 aromatic carbocycles. The van der Waals surface area contributed by atoms with Gasteiger partial charge in [0.15, 0.2) is 17.3 Å². The molecule has 1 aliphatic carbocycles. The third-order valence-corrected chi connectivity index (χ3v) is 4.39. The fourth-order valence-corrected chi connectivity index (χ4v) is 3.02. The van der Waals surface area contributed by atoms with Crippen molar-refractivity contribution in [1.29, 1.82) is 0 Å². The van der Waals surface area contributed by atoms with Gasteiger partial charge in [-0.15, -0.1) is 0 Å². The van der Waals surface area contributed by atoms with Crippen LogP contribution in [0.25, 0.3) is 0 Å². The predicted molar refractivity (Wildman–Crippen MR) is 90.0 cm³/mol. The fraction of sp³-hybridized carbons (Fsp3) is 0.556. The maximum Gasteiger partial charge on any atom is 0.223 e. The van der Waals surface area contributed by atoms with Gasteiger partial charge in [-0.25, -0.2) is 0 Å². The third kappa shape index (κ3) is 4.19. The van der Waals surface area contributed by atoms with Gasteiger partial charge in [-0.2, -0.15) is 0 Å².